The first-order valence-corrected chi connectivity index (χ1v) is 9.07. The highest BCUT2D eigenvalue weighted by atomic mass is 16.2. The predicted molar refractivity (Wildman–Crippen MR) is 108 cm³/mol. The van der Waals surface area contributed by atoms with E-state index in [0.29, 0.717) is 11.3 Å². The minimum atomic E-state index is -0.0959. The Kier molecular flexibility index (Phi) is 5.27. The van der Waals surface area contributed by atoms with Crippen LogP contribution in [0, 0.1) is 25.2 Å². The van der Waals surface area contributed by atoms with Crippen molar-refractivity contribution in [2.24, 2.45) is 7.05 Å². The summed E-state index contributed by atoms with van der Waals surface area (Å²) in [7, 11) is 3.73. The third kappa shape index (κ3) is 3.52. The lowest BCUT2D eigenvalue weighted by atomic mass is 10.0. The van der Waals surface area contributed by atoms with Gasteiger partial charge in [0.2, 0.25) is 0 Å². The molecule has 0 fully saturated rings. The van der Waals surface area contributed by atoms with Gasteiger partial charge in [-0.05, 0) is 50.6 Å². The highest BCUT2D eigenvalue weighted by Crippen LogP contribution is 2.27. The molecule has 1 amide bonds. The largest absolute Gasteiger partial charge is 0.335 e. The van der Waals surface area contributed by atoms with E-state index in [0.717, 1.165) is 28.1 Å². The first-order valence-electron chi connectivity index (χ1n) is 9.07. The summed E-state index contributed by atoms with van der Waals surface area (Å²) in [6.07, 6.45) is 1.65. The molecule has 0 spiro atoms. The SMILES string of the molecule is Cc1nn(C)c(C)c1[C@H](C)N(C)C(=O)c1cccc(-c2ccc(C#N)nc2)c1. The lowest BCUT2D eigenvalue weighted by Gasteiger charge is -2.26. The lowest BCUT2D eigenvalue weighted by molar-refractivity contribution is 0.0742. The first-order chi connectivity index (χ1) is 13.3. The lowest BCUT2D eigenvalue weighted by Crippen LogP contribution is -2.30. The molecule has 3 aromatic rings. The summed E-state index contributed by atoms with van der Waals surface area (Å²) >= 11 is 0. The fourth-order valence-corrected chi connectivity index (χ4v) is 3.43. The molecular formula is C22H23N5O. The van der Waals surface area contributed by atoms with Crippen molar-refractivity contribution < 1.29 is 4.79 Å². The van der Waals surface area contributed by atoms with E-state index in [9.17, 15) is 4.79 Å². The highest BCUT2D eigenvalue weighted by molar-refractivity contribution is 5.95. The van der Waals surface area contributed by atoms with E-state index in [1.165, 1.54) is 0 Å². The monoisotopic (exact) mass is 373 g/mol. The predicted octanol–water partition coefficient (Wildman–Crippen LogP) is 3.80. The summed E-state index contributed by atoms with van der Waals surface area (Å²) in [5.41, 5.74) is 5.79. The zero-order chi connectivity index (χ0) is 20.4. The van der Waals surface area contributed by atoms with Crippen LogP contribution in [0.25, 0.3) is 11.1 Å². The van der Waals surface area contributed by atoms with Gasteiger partial charge >= 0.3 is 0 Å². The molecule has 6 heteroatoms. The van der Waals surface area contributed by atoms with Gasteiger partial charge in [0.25, 0.3) is 5.91 Å². The summed E-state index contributed by atoms with van der Waals surface area (Å²) in [5, 5.41) is 13.4. The van der Waals surface area contributed by atoms with Crippen molar-refractivity contribution in [2.75, 3.05) is 7.05 Å². The summed E-state index contributed by atoms with van der Waals surface area (Å²) in [4.78, 5) is 19.0. The van der Waals surface area contributed by atoms with Gasteiger partial charge in [-0.15, -0.1) is 0 Å². The molecule has 2 aromatic heterocycles. The third-order valence-corrected chi connectivity index (χ3v) is 5.20. The molecule has 0 aliphatic carbocycles. The summed E-state index contributed by atoms with van der Waals surface area (Å²) in [6.45, 7) is 6.00. The molecule has 1 aromatic carbocycles. The second-order valence-electron chi connectivity index (χ2n) is 6.92. The van der Waals surface area contributed by atoms with Crippen molar-refractivity contribution in [1.29, 1.82) is 5.26 Å². The van der Waals surface area contributed by atoms with Gasteiger partial charge in [-0.25, -0.2) is 4.98 Å². The van der Waals surface area contributed by atoms with Crippen LogP contribution >= 0.6 is 0 Å². The molecule has 0 aliphatic rings. The Morgan fingerprint density at radius 3 is 2.54 bits per heavy atom. The molecule has 142 valence electrons. The Morgan fingerprint density at radius 2 is 1.96 bits per heavy atom. The Hall–Kier alpha value is -3.46. The number of rotatable bonds is 4. The molecule has 0 saturated carbocycles. The van der Waals surface area contributed by atoms with Crippen molar-refractivity contribution >= 4 is 5.91 Å². The second-order valence-corrected chi connectivity index (χ2v) is 6.92. The Bertz CT molecular complexity index is 1060. The van der Waals surface area contributed by atoms with Crippen LogP contribution < -0.4 is 0 Å². The van der Waals surface area contributed by atoms with E-state index < -0.39 is 0 Å². The number of benzene rings is 1. The third-order valence-electron chi connectivity index (χ3n) is 5.20. The Labute approximate surface area is 165 Å². The number of nitrogens with zero attached hydrogens (tertiary/aromatic N) is 5. The topological polar surface area (TPSA) is 74.8 Å². The van der Waals surface area contributed by atoms with E-state index in [2.05, 4.69) is 10.1 Å². The van der Waals surface area contributed by atoms with Gasteiger partial charge in [-0.3, -0.25) is 9.48 Å². The maximum atomic E-state index is 13.1. The molecule has 0 unspecified atom stereocenters. The maximum absolute atomic E-state index is 13.1. The average Bonchev–Trinajstić information content (AvgIpc) is 2.98. The van der Waals surface area contributed by atoms with Crippen LogP contribution in [0.2, 0.25) is 0 Å². The number of amides is 1. The van der Waals surface area contributed by atoms with Crippen molar-refractivity contribution in [2.45, 2.75) is 26.8 Å². The fourth-order valence-electron chi connectivity index (χ4n) is 3.43. The van der Waals surface area contributed by atoms with E-state index in [4.69, 9.17) is 5.26 Å². The van der Waals surface area contributed by atoms with Crippen LogP contribution in [0.4, 0.5) is 0 Å². The smallest absolute Gasteiger partial charge is 0.254 e. The maximum Gasteiger partial charge on any atom is 0.254 e. The standard InChI is InChI=1S/C22H23N5O/c1-14-21(16(3)27(5)25-14)15(2)26(4)22(28)18-8-6-7-17(11-18)19-9-10-20(12-23)24-13-19/h6-11,13,15H,1-5H3/t15-/m0/s1. The van der Waals surface area contributed by atoms with Crippen molar-refractivity contribution in [3.05, 3.63) is 70.8 Å². The van der Waals surface area contributed by atoms with Gasteiger partial charge in [0.05, 0.1) is 11.7 Å². The average molecular weight is 373 g/mol. The van der Waals surface area contributed by atoms with E-state index in [-0.39, 0.29) is 11.9 Å². The van der Waals surface area contributed by atoms with Crippen LogP contribution in [0.1, 0.15) is 46.0 Å². The number of carbonyl (C=O) groups is 1. The van der Waals surface area contributed by atoms with Crippen molar-refractivity contribution in [3.8, 4) is 17.2 Å². The van der Waals surface area contributed by atoms with E-state index in [1.54, 1.807) is 17.2 Å². The summed E-state index contributed by atoms with van der Waals surface area (Å²) in [5.74, 6) is -0.0568. The van der Waals surface area contributed by atoms with Gasteiger partial charge in [-0.1, -0.05) is 12.1 Å². The molecule has 2 heterocycles. The van der Waals surface area contributed by atoms with Gasteiger partial charge in [0, 0.05) is 42.7 Å². The molecule has 0 saturated heterocycles. The van der Waals surface area contributed by atoms with Crippen molar-refractivity contribution in [3.63, 3.8) is 0 Å². The van der Waals surface area contributed by atoms with Crippen LogP contribution in [-0.2, 0) is 7.05 Å². The normalized spacial score (nSPS) is 11.7. The van der Waals surface area contributed by atoms with E-state index in [1.807, 2.05) is 75.9 Å². The van der Waals surface area contributed by atoms with Gasteiger partial charge < -0.3 is 4.90 Å². The number of carbonyl (C=O) groups excluding carboxylic acids is 1. The number of hydrogen-bond acceptors (Lipinski definition) is 4. The molecule has 3 rings (SSSR count). The number of aryl methyl sites for hydroxylation is 2. The summed E-state index contributed by atoms with van der Waals surface area (Å²) < 4.78 is 1.85. The van der Waals surface area contributed by atoms with Crippen LogP contribution in [0.15, 0.2) is 42.6 Å². The molecule has 0 bridgehead atoms. The number of nitriles is 1. The van der Waals surface area contributed by atoms with Gasteiger partial charge in [0.15, 0.2) is 0 Å². The number of hydrogen-bond donors (Lipinski definition) is 0. The van der Waals surface area contributed by atoms with Crippen LogP contribution in [0.5, 0.6) is 0 Å². The number of aromatic nitrogens is 3. The molecule has 28 heavy (non-hydrogen) atoms. The van der Waals surface area contributed by atoms with E-state index >= 15 is 0 Å². The molecular weight excluding hydrogens is 350 g/mol. The van der Waals surface area contributed by atoms with Gasteiger partial charge in [0.1, 0.15) is 11.8 Å². The Balaban J connectivity index is 1.88. The minimum absolute atomic E-state index is 0.0568. The molecule has 6 nitrogen and oxygen atoms in total. The molecule has 1 atom stereocenters. The fraction of sp³-hybridized carbons (Fsp3) is 0.273. The van der Waals surface area contributed by atoms with Crippen molar-refractivity contribution in [1.82, 2.24) is 19.7 Å². The molecule has 0 N–H and O–H groups in total. The molecule has 0 aliphatic heterocycles. The number of pyridine rings is 1. The zero-order valence-electron chi connectivity index (χ0n) is 16.8. The second kappa shape index (κ2) is 7.65. The summed E-state index contributed by atoms with van der Waals surface area (Å²) in [6, 6.07) is 12.9. The first kappa shape index (κ1) is 19.3. The highest BCUT2D eigenvalue weighted by Gasteiger charge is 2.24. The molecule has 0 radical (unpaired) electrons. The minimum Gasteiger partial charge on any atom is -0.335 e. The Morgan fingerprint density at radius 1 is 1.21 bits per heavy atom. The quantitative estimate of drug-likeness (QED) is 0.697. The van der Waals surface area contributed by atoms with Crippen LogP contribution in [-0.4, -0.2) is 32.6 Å². The van der Waals surface area contributed by atoms with Crippen LogP contribution in [0.3, 0.4) is 0 Å². The van der Waals surface area contributed by atoms with Gasteiger partial charge in [-0.2, -0.15) is 10.4 Å². The zero-order valence-corrected chi connectivity index (χ0v) is 16.8.